The molecule has 106 valence electrons. The average molecular weight is 283 g/mol. The van der Waals surface area contributed by atoms with E-state index in [4.69, 9.17) is 11.6 Å². The van der Waals surface area contributed by atoms with Crippen molar-refractivity contribution in [3.63, 3.8) is 0 Å². The highest BCUT2D eigenvalue weighted by atomic mass is 35.5. The minimum Gasteiger partial charge on any atom is -0.299 e. The fourth-order valence-corrected chi connectivity index (χ4v) is 3.31. The zero-order chi connectivity index (χ0) is 13.8. The van der Waals surface area contributed by atoms with E-state index in [1.165, 1.54) is 25.7 Å². The van der Waals surface area contributed by atoms with Crippen LogP contribution in [-0.2, 0) is 24.7 Å². The van der Waals surface area contributed by atoms with Crippen molar-refractivity contribution in [3.8, 4) is 0 Å². The number of carbonyl (C=O) groups is 1. The predicted octanol–water partition coefficient (Wildman–Crippen LogP) is 3.72. The van der Waals surface area contributed by atoms with Gasteiger partial charge in [-0.25, -0.2) is 0 Å². The summed E-state index contributed by atoms with van der Waals surface area (Å²) in [6, 6.07) is 0. The first-order chi connectivity index (χ1) is 9.11. The second-order valence-electron chi connectivity index (χ2n) is 5.59. The van der Waals surface area contributed by atoms with Crippen LogP contribution >= 0.6 is 11.6 Å². The second-order valence-corrected chi connectivity index (χ2v) is 5.97. The molecule has 1 aromatic rings. The van der Waals surface area contributed by atoms with Crippen molar-refractivity contribution in [1.29, 1.82) is 0 Å². The van der Waals surface area contributed by atoms with Crippen LogP contribution in [0.3, 0.4) is 0 Å². The lowest BCUT2D eigenvalue weighted by molar-refractivity contribution is -0.118. The number of hydrogen-bond acceptors (Lipinski definition) is 2. The number of Topliss-reactive ketones (excluding diaryl/α,β-unsaturated/α-hetero) is 1. The number of aryl methyl sites for hydroxylation is 2. The molecule has 1 saturated carbocycles. The third kappa shape index (κ3) is 3.59. The summed E-state index contributed by atoms with van der Waals surface area (Å²) in [6.07, 6.45) is 8.26. The van der Waals surface area contributed by atoms with Crippen molar-refractivity contribution < 1.29 is 4.79 Å². The molecule has 0 saturated heterocycles. The molecule has 0 N–H and O–H groups in total. The monoisotopic (exact) mass is 282 g/mol. The molecule has 0 bridgehead atoms. The lowest BCUT2D eigenvalue weighted by Crippen LogP contribution is -2.09. The second kappa shape index (κ2) is 6.56. The van der Waals surface area contributed by atoms with Crippen molar-refractivity contribution >= 4 is 17.4 Å². The summed E-state index contributed by atoms with van der Waals surface area (Å²) in [7, 11) is 1.87. The van der Waals surface area contributed by atoms with E-state index in [0.717, 1.165) is 30.1 Å². The van der Waals surface area contributed by atoms with Gasteiger partial charge in [0.25, 0.3) is 0 Å². The molecule has 0 spiro atoms. The lowest BCUT2D eigenvalue weighted by Gasteiger charge is -2.08. The highest BCUT2D eigenvalue weighted by Crippen LogP contribution is 2.29. The average Bonchev–Trinajstić information content (AvgIpc) is 2.99. The van der Waals surface area contributed by atoms with Crippen molar-refractivity contribution in [3.05, 3.63) is 16.4 Å². The van der Waals surface area contributed by atoms with Gasteiger partial charge in [-0.15, -0.1) is 0 Å². The van der Waals surface area contributed by atoms with Crippen LogP contribution in [0.25, 0.3) is 0 Å². The number of hydrogen-bond donors (Lipinski definition) is 0. The topological polar surface area (TPSA) is 34.9 Å². The summed E-state index contributed by atoms with van der Waals surface area (Å²) in [5.41, 5.74) is 1.76. The van der Waals surface area contributed by atoms with E-state index >= 15 is 0 Å². The first-order valence-electron chi connectivity index (χ1n) is 7.33. The minimum absolute atomic E-state index is 0.291. The van der Waals surface area contributed by atoms with Crippen LogP contribution in [0, 0.1) is 5.92 Å². The SMILES string of the molecule is CCc1nn(C)c(CC(=O)CCC2CCCC2)c1Cl. The molecular weight excluding hydrogens is 260 g/mol. The third-order valence-electron chi connectivity index (χ3n) is 4.17. The Balaban J connectivity index is 1.89. The molecule has 2 rings (SSSR count). The molecule has 1 aliphatic rings. The molecule has 0 aromatic carbocycles. The van der Waals surface area contributed by atoms with Crippen molar-refractivity contribution in [1.82, 2.24) is 9.78 Å². The van der Waals surface area contributed by atoms with Gasteiger partial charge in [-0.3, -0.25) is 9.48 Å². The molecule has 3 nitrogen and oxygen atoms in total. The van der Waals surface area contributed by atoms with Gasteiger partial charge < -0.3 is 0 Å². The van der Waals surface area contributed by atoms with Gasteiger partial charge in [0.2, 0.25) is 0 Å². The standard InChI is InChI=1S/C15H23ClN2O/c1-3-13-15(16)14(18(2)17-13)10-12(19)9-8-11-6-4-5-7-11/h11H,3-10H2,1-2H3. The Morgan fingerprint density at radius 2 is 2.11 bits per heavy atom. The van der Waals surface area contributed by atoms with E-state index < -0.39 is 0 Å². The minimum atomic E-state index is 0.291. The van der Waals surface area contributed by atoms with E-state index in [0.29, 0.717) is 23.6 Å². The quantitative estimate of drug-likeness (QED) is 0.797. The largest absolute Gasteiger partial charge is 0.299 e. The van der Waals surface area contributed by atoms with Gasteiger partial charge in [0.15, 0.2) is 0 Å². The number of aromatic nitrogens is 2. The van der Waals surface area contributed by atoms with Crippen LogP contribution < -0.4 is 0 Å². The Kier molecular flexibility index (Phi) is 5.03. The van der Waals surface area contributed by atoms with Gasteiger partial charge in [0.1, 0.15) is 5.78 Å². The summed E-state index contributed by atoms with van der Waals surface area (Å²) < 4.78 is 1.76. The summed E-state index contributed by atoms with van der Waals surface area (Å²) >= 11 is 6.27. The molecule has 0 aliphatic heterocycles. The molecule has 4 heteroatoms. The maximum Gasteiger partial charge on any atom is 0.138 e. The van der Waals surface area contributed by atoms with Gasteiger partial charge in [0, 0.05) is 19.9 Å². The summed E-state index contributed by atoms with van der Waals surface area (Å²) in [5.74, 6) is 1.07. The van der Waals surface area contributed by atoms with Gasteiger partial charge in [0.05, 0.1) is 16.4 Å². The number of halogens is 1. The molecule has 1 fully saturated rings. The number of nitrogens with zero attached hydrogens (tertiary/aromatic N) is 2. The lowest BCUT2D eigenvalue weighted by atomic mass is 9.99. The molecular formula is C15H23ClN2O. The Hall–Kier alpha value is -0.830. The number of rotatable bonds is 6. The molecule has 0 unspecified atom stereocenters. The van der Waals surface area contributed by atoms with Gasteiger partial charge in [-0.2, -0.15) is 5.10 Å². The van der Waals surface area contributed by atoms with Crippen LogP contribution in [0.4, 0.5) is 0 Å². The summed E-state index contributed by atoms with van der Waals surface area (Å²) in [6.45, 7) is 2.03. The first kappa shape index (κ1) is 14.6. The zero-order valence-corrected chi connectivity index (χ0v) is 12.7. The molecule has 1 aliphatic carbocycles. The smallest absolute Gasteiger partial charge is 0.138 e. The van der Waals surface area contributed by atoms with Gasteiger partial charge >= 0.3 is 0 Å². The van der Waals surface area contributed by atoms with Crippen molar-refractivity contribution in [2.45, 2.75) is 58.3 Å². The number of carbonyl (C=O) groups excluding carboxylic acids is 1. The molecule has 19 heavy (non-hydrogen) atoms. The fraction of sp³-hybridized carbons (Fsp3) is 0.733. The first-order valence-corrected chi connectivity index (χ1v) is 7.71. The van der Waals surface area contributed by atoms with Crippen LogP contribution in [0.2, 0.25) is 5.02 Å². The Bertz CT molecular complexity index is 447. The van der Waals surface area contributed by atoms with E-state index in [-0.39, 0.29) is 0 Å². The van der Waals surface area contributed by atoms with Crippen LogP contribution in [0.1, 0.15) is 56.8 Å². The fourth-order valence-electron chi connectivity index (χ4n) is 2.95. The maximum atomic E-state index is 12.1. The Morgan fingerprint density at radius 3 is 2.68 bits per heavy atom. The van der Waals surface area contributed by atoms with Crippen molar-refractivity contribution in [2.24, 2.45) is 13.0 Å². The van der Waals surface area contributed by atoms with Crippen molar-refractivity contribution in [2.75, 3.05) is 0 Å². The van der Waals surface area contributed by atoms with Gasteiger partial charge in [-0.1, -0.05) is 44.2 Å². The molecule has 0 atom stereocenters. The van der Waals surface area contributed by atoms with Crippen LogP contribution in [0.15, 0.2) is 0 Å². The Labute approximate surface area is 120 Å². The molecule has 1 heterocycles. The third-order valence-corrected chi connectivity index (χ3v) is 4.61. The Morgan fingerprint density at radius 1 is 1.42 bits per heavy atom. The van der Waals surface area contributed by atoms with E-state index in [1.807, 2.05) is 14.0 Å². The van der Waals surface area contributed by atoms with Crippen LogP contribution in [0.5, 0.6) is 0 Å². The van der Waals surface area contributed by atoms with E-state index in [1.54, 1.807) is 4.68 Å². The molecule has 0 amide bonds. The van der Waals surface area contributed by atoms with E-state index in [2.05, 4.69) is 5.10 Å². The summed E-state index contributed by atoms with van der Waals surface area (Å²) in [5, 5.41) is 5.03. The highest BCUT2D eigenvalue weighted by Gasteiger charge is 2.19. The predicted molar refractivity (Wildman–Crippen MR) is 77.5 cm³/mol. The van der Waals surface area contributed by atoms with Gasteiger partial charge in [-0.05, 0) is 18.8 Å². The number of ketones is 1. The highest BCUT2D eigenvalue weighted by molar-refractivity contribution is 6.32. The van der Waals surface area contributed by atoms with E-state index in [9.17, 15) is 4.79 Å². The summed E-state index contributed by atoms with van der Waals surface area (Å²) in [4.78, 5) is 12.1. The molecule has 0 radical (unpaired) electrons. The van der Waals surface area contributed by atoms with Crippen LogP contribution in [-0.4, -0.2) is 15.6 Å². The normalized spacial score (nSPS) is 16.2. The molecule has 1 aromatic heterocycles. The zero-order valence-electron chi connectivity index (χ0n) is 11.9. The maximum absolute atomic E-state index is 12.1.